The monoisotopic (exact) mass is 303 g/mol. The van der Waals surface area contributed by atoms with E-state index in [2.05, 4.69) is 44.8 Å². The van der Waals surface area contributed by atoms with Crippen molar-refractivity contribution in [1.29, 1.82) is 0 Å². The molecule has 4 heteroatoms. The molecule has 2 rings (SSSR count). The maximum atomic E-state index is 4.26. The topological polar surface area (TPSA) is 37.8 Å². The third kappa shape index (κ3) is 2.16. The predicted octanol–water partition coefficient (Wildman–Crippen LogP) is 2.83. The summed E-state index contributed by atoms with van der Waals surface area (Å²) in [4.78, 5) is 8.24. The van der Waals surface area contributed by atoms with Crippen LogP contribution >= 0.6 is 22.6 Å². The van der Waals surface area contributed by atoms with Gasteiger partial charge in [-0.25, -0.2) is 9.97 Å². The number of anilines is 1. The first kappa shape index (κ1) is 10.1. The van der Waals surface area contributed by atoms with Gasteiger partial charge in [-0.3, -0.25) is 0 Å². The molecular formula is C10H14IN3. The van der Waals surface area contributed by atoms with Crippen LogP contribution in [0.15, 0.2) is 12.5 Å². The molecule has 1 aromatic heterocycles. The fraction of sp³-hybridized carbons (Fsp3) is 0.600. The lowest BCUT2D eigenvalue weighted by molar-refractivity contribution is 0.530. The number of rotatable bonds is 2. The summed E-state index contributed by atoms with van der Waals surface area (Å²) in [7, 11) is 0. The van der Waals surface area contributed by atoms with Crippen LogP contribution in [0.2, 0.25) is 0 Å². The van der Waals surface area contributed by atoms with Crippen LogP contribution < -0.4 is 5.32 Å². The van der Waals surface area contributed by atoms with Crippen LogP contribution in [0.3, 0.4) is 0 Å². The Balaban J connectivity index is 2.14. The van der Waals surface area contributed by atoms with Crippen molar-refractivity contribution in [2.75, 3.05) is 5.32 Å². The van der Waals surface area contributed by atoms with Crippen molar-refractivity contribution in [3.05, 3.63) is 16.1 Å². The van der Waals surface area contributed by atoms with Crippen LogP contribution in [0.25, 0.3) is 0 Å². The molecule has 0 aromatic carbocycles. The Morgan fingerprint density at radius 2 is 2.14 bits per heavy atom. The summed E-state index contributed by atoms with van der Waals surface area (Å²) < 4.78 is 1.10. The highest BCUT2D eigenvalue weighted by molar-refractivity contribution is 14.1. The van der Waals surface area contributed by atoms with Gasteiger partial charge in [-0.05, 0) is 42.4 Å². The average molecular weight is 303 g/mol. The predicted molar refractivity (Wildman–Crippen MR) is 65.2 cm³/mol. The van der Waals surface area contributed by atoms with Gasteiger partial charge in [0.05, 0.1) is 3.57 Å². The standard InChI is InChI=1S/C10H14IN3/c1-10(4-2-3-5-10)14-9-8(11)6-12-7-13-9/h6-7H,2-5H2,1H3,(H,12,13,14). The summed E-state index contributed by atoms with van der Waals surface area (Å²) in [6, 6.07) is 0. The molecule has 1 heterocycles. The van der Waals surface area contributed by atoms with Gasteiger partial charge in [0.2, 0.25) is 0 Å². The lowest BCUT2D eigenvalue weighted by Crippen LogP contribution is -2.31. The number of hydrogen-bond donors (Lipinski definition) is 1. The van der Waals surface area contributed by atoms with Crippen molar-refractivity contribution in [3.8, 4) is 0 Å². The summed E-state index contributed by atoms with van der Waals surface area (Å²) in [6.45, 7) is 2.28. The lowest BCUT2D eigenvalue weighted by Gasteiger charge is -2.26. The van der Waals surface area contributed by atoms with E-state index in [0.717, 1.165) is 9.39 Å². The largest absolute Gasteiger partial charge is 0.364 e. The maximum Gasteiger partial charge on any atom is 0.143 e. The van der Waals surface area contributed by atoms with Crippen LogP contribution in [0.4, 0.5) is 5.82 Å². The van der Waals surface area contributed by atoms with Crippen molar-refractivity contribution in [2.24, 2.45) is 0 Å². The molecule has 0 saturated heterocycles. The Hall–Kier alpha value is -0.390. The third-order valence-electron chi connectivity index (χ3n) is 2.79. The van der Waals surface area contributed by atoms with E-state index in [1.165, 1.54) is 25.7 Å². The van der Waals surface area contributed by atoms with Crippen molar-refractivity contribution in [1.82, 2.24) is 9.97 Å². The molecule has 0 spiro atoms. The second-order valence-corrected chi connectivity index (χ2v) is 5.27. The van der Waals surface area contributed by atoms with Crippen molar-refractivity contribution >= 4 is 28.4 Å². The third-order valence-corrected chi connectivity index (χ3v) is 3.58. The summed E-state index contributed by atoms with van der Waals surface area (Å²) in [5.74, 6) is 0.977. The van der Waals surface area contributed by atoms with E-state index < -0.39 is 0 Å². The molecule has 1 fully saturated rings. The normalized spacial score (nSPS) is 19.6. The molecule has 0 radical (unpaired) electrons. The quantitative estimate of drug-likeness (QED) is 0.854. The van der Waals surface area contributed by atoms with Gasteiger partial charge in [0.15, 0.2) is 0 Å². The van der Waals surface area contributed by atoms with Crippen LogP contribution in [-0.2, 0) is 0 Å². The molecule has 1 aliphatic rings. The van der Waals surface area contributed by atoms with Gasteiger partial charge in [0, 0.05) is 11.7 Å². The Morgan fingerprint density at radius 3 is 2.79 bits per heavy atom. The zero-order valence-electron chi connectivity index (χ0n) is 8.26. The first-order chi connectivity index (χ1) is 6.70. The van der Waals surface area contributed by atoms with Crippen LogP contribution in [0.1, 0.15) is 32.6 Å². The highest BCUT2D eigenvalue weighted by Crippen LogP contribution is 2.32. The molecule has 1 N–H and O–H groups in total. The van der Waals surface area contributed by atoms with Gasteiger partial charge in [0.1, 0.15) is 12.1 Å². The van der Waals surface area contributed by atoms with Gasteiger partial charge >= 0.3 is 0 Å². The molecule has 0 aliphatic heterocycles. The Morgan fingerprint density at radius 1 is 1.43 bits per heavy atom. The fourth-order valence-electron chi connectivity index (χ4n) is 1.97. The van der Waals surface area contributed by atoms with E-state index in [1.807, 2.05) is 6.20 Å². The van der Waals surface area contributed by atoms with Gasteiger partial charge in [-0.15, -0.1) is 0 Å². The number of nitrogens with one attached hydrogen (secondary N) is 1. The van der Waals surface area contributed by atoms with Crippen molar-refractivity contribution in [2.45, 2.75) is 38.1 Å². The highest BCUT2D eigenvalue weighted by Gasteiger charge is 2.29. The van der Waals surface area contributed by atoms with E-state index >= 15 is 0 Å². The molecule has 3 nitrogen and oxygen atoms in total. The maximum absolute atomic E-state index is 4.26. The summed E-state index contributed by atoms with van der Waals surface area (Å²) in [5, 5.41) is 3.53. The zero-order valence-corrected chi connectivity index (χ0v) is 10.4. The minimum absolute atomic E-state index is 0.244. The van der Waals surface area contributed by atoms with Crippen LogP contribution in [-0.4, -0.2) is 15.5 Å². The zero-order chi connectivity index (χ0) is 10.0. The molecular weight excluding hydrogens is 289 g/mol. The first-order valence-electron chi connectivity index (χ1n) is 4.93. The second kappa shape index (κ2) is 4.00. The SMILES string of the molecule is CC1(Nc2ncncc2I)CCCC1. The Labute approximate surface area is 97.9 Å². The second-order valence-electron chi connectivity index (χ2n) is 4.11. The first-order valence-corrected chi connectivity index (χ1v) is 6.01. The highest BCUT2D eigenvalue weighted by atomic mass is 127. The van der Waals surface area contributed by atoms with E-state index in [4.69, 9.17) is 0 Å². The minimum atomic E-state index is 0.244. The molecule has 0 atom stereocenters. The Kier molecular flexibility index (Phi) is 2.90. The number of hydrogen-bond acceptors (Lipinski definition) is 3. The number of nitrogens with zero attached hydrogens (tertiary/aromatic N) is 2. The van der Waals surface area contributed by atoms with Gasteiger partial charge in [0.25, 0.3) is 0 Å². The van der Waals surface area contributed by atoms with Gasteiger partial charge < -0.3 is 5.32 Å². The molecule has 1 aromatic rings. The van der Waals surface area contributed by atoms with Gasteiger partial charge in [-0.2, -0.15) is 0 Å². The summed E-state index contributed by atoms with van der Waals surface area (Å²) in [5.41, 5.74) is 0.244. The summed E-state index contributed by atoms with van der Waals surface area (Å²) in [6.07, 6.45) is 8.58. The molecule has 14 heavy (non-hydrogen) atoms. The smallest absolute Gasteiger partial charge is 0.143 e. The molecule has 0 bridgehead atoms. The molecule has 0 unspecified atom stereocenters. The van der Waals surface area contributed by atoms with Crippen molar-refractivity contribution < 1.29 is 0 Å². The van der Waals surface area contributed by atoms with E-state index in [1.54, 1.807) is 6.33 Å². The van der Waals surface area contributed by atoms with Crippen molar-refractivity contribution in [3.63, 3.8) is 0 Å². The Bertz CT molecular complexity index is 321. The number of aromatic nitrogens is 2. The van der Waals surface area contributed by atoms with Crippen LogP contribution in [0, 0.1) is 3.57 Å². The van der Waals surface area contributed by atoms with Gasteiger partial charge in [-0.1, -0.05) is 12.8 Å². The van der Waals surface area contributed by atoms with E-state index in [0.29, 0.717) is 0 Å². The van der Waals surface area contributed by atoms with E-state index in [9.17, 15) is 0 Å². The fourth-order valence-corrected chi connectivity index (χ4v) is 2.41. The summed E-state index contributed by atoms with van der Waals surface area (Å²) >= 11 is 2.27. The molecule has 0 amide bonds. The molecule has 1 saturated carbocycles. The van der Waals surface area contributed by atoms with Crippen LogP contribution in [0.5, 0.6) is 0 Å². The molecule has 76 valence electrons. The lowest BCUT2D eigenvalue weighted by atomic mass is 10.0. The minimum Gasteiger partial charge on any atom is -0.364 e. The number of halogens is 1. The molecule has 1 aliphatic carbocycles. The van der Waals surface area contributed by atoms with E-state index in [-0.39, 0.29) is 5.54 Å². The average Bonchev–Trinajstić information content (AvgIpc) is 2.57.